The number of rotatable bonds is 3. The van der Waals surface area contributed by atoms with Crippen LogP contribution in [0.2, 0.25) is 0 Å². The number of aliphatic hydroxyl groups excluding tert-OH is 1. The lowest BCUT2D eigenvalue weighted by Crippen LogP contribution is -2.51. The fourth-order valence-corrected chi connectivity index (χ4v) is 3.00. The van der Waals surface area contributed by atoms with Crippen LogP contribution >= 0.6 is 0 Å². The zero-order valence-corrected chi connectivity index (χ0v) is 10.7. The van der Waals surface area contributed by atoms with E-state index in [0.29, 0.717) is 0 Å². The standard InChI is InChI=1S/C13H24N2O2/c1-2-13(7-8-14-9-13)12(17)15-10-5-3-4-6-11(10)16/h10-11,14,16H,2-9H2,1H3,(H,15,17)/t10-,11-,13?/m0/s1. The predicted molar refractivity (Wildman–Crippen MR) is 66.6 cm³/mol. The Morgan fingerprint density at radius 1 is 1.47 bits per heavy atom. The van der Waals surface area contributed by atoms with Gasteiger partial charge in [0, 0.05) is 6.54 Å². The van der Waals surface area contributed by atoms with Crippen molar-refractivity contribution in [2.24, 2.45) is 5.41 Å². The third-order valence-corrected chi connectivity index (χ3v) is 4.45. The fourth-order valence-electron chi connectivity index (χ4n) is 3.00. The van der Waals surface area contributed by atoms with Gasteiger partial charge in [-0.3, -0.25) is 4.79 Å². The summed E-state index contributed by atoms with van der Waals surface area (Å²) in [6, 6.07) is -0.0275. The van der Waals surface area contributed by atoms with Gasteiger partial charge >= 0.3 is 0 Å². The number of carbonyl (C=O) groups excluding carboxylic acids is 1. The van der Waals surface area contributed by atoms with Gasteiger partial charge in [0.2, 0.25) is 5.91 Å². The second kappa shape index (κ2) is 5.36. The lowest BCUT2D eigenvalue weighted by atomic mass is 9.82. The smallest absolute Gasteiger partial charge is 0.227 e. The van der Waals surface area contributed by atoms with E-state index in [2.05, 4.69) is 17.6 Å². The van der Waals surface area contributed by atoms with Crippen LogP contribution in [0.5, 0.6) is 0 Å². The Morgan fingerprint density at radius 3 is 2.82 bits per heavy atom. The van der Waals surface area contributed by atoms with Crippen molar-refractivity contribution in [2.75, 3.05) is 13.1 Å². The third-order valence-electron chi connectivity index (χ3n) is 4.45. The zero-order chi connectivity index (χ0) is 12.3. The summed E-state index contributed by atoms with van der Waals surface area (Å²) in [4.78, 5) is 12.3. The van der Waals surface area contributed by atoms with Crippen LogP contribution in [0.15, 0.2) is 0 Å². The van der Waals surface area contributed by atoms with Gasteiger partial charge in [-0.2, -0.15) is 0 Å². The van der Waals surface area contributed by atoms with E-state index in [-0.39, 0.29) is 23.5 Å². The van der Waals surface area contributed by atoms with Gasteiger partial charge in [0.1, 0.15) is 0 Å². The summed E-state index contributed by atoms with van der Waals surface area (Å²) < 4.78 is 0. The topological polar surface area (TPSA) is 61.4 Å². The fraction of sp³-hybridized carbons (Fsp3) is 0.923. The molecule has 0 aromatic carbocycles. The predicted octanol–water partition coefficient (Wildman–Crippen LogP) is 0.796. The lowest BCUT2D eigenvalue weighted by Gasteiger charge is -2.33. The van der Waals surface area contributed by atoms with E-state index in [0.717, 1.165) is 51.6 Å². The average molecular weight is 240 g/mol. The summed E-state index contributed by atoms with van der Waals surface area (Å²) in [6.07, 6.45) is 5.36. The summed E-state index contributed by atoms with van der Waals surface area (Å²) in [5, 5.41) is 16.2. The summed E-state index contributed by atoms with van der Waals surface area (Å²) in [6.45, 7) is 3.77. The van der Waals surface area contributed by atoms with E-state index in [9.17, 15) is 9.90 Å². The molecule has 1 unspecified atom stereocenters. The van der Waals surface area contributed by atoms with Gasteiger partial charge in [-0.1, -0.05) is 19.8 Å². The molecule has 2 aliphatic rings. The van der Waals surface area contributed by atoms with E-state index in [4.69, 9.17) is 0 Å². The second-order valence-corrected chi connectivity index (χ2v) is 5.49. The maximum absolute atomic E-state index is 12.3. The molecule has 4 nitrogen and oxygen atoms in total. The monoisotopic (exact) mass is 240 g/mol. The maximum Gasteiger partial charge on any atom is 0.227 e. The molecule has 1 aliphatic carbocycles. The van der Waals surface area contributed by atoms with E-state index in [1.54, 1.807) is 0 Å². The van der Waals surface area contributed by atoms with Crippen LogP contribution in [0.1, 0.15) is 45.4 Å². The minimum atomic E-state index is -0.351. The molecule has 1 saturated heterocycles. The van der Waals surface area contributed by atoms with Gasteiger partial charge < -0.3 is 15.7 Å². The Kier molecular flexibility index (Phi) is 4.05. The second-order valence-electron chi connectivity index (χ2n) is 5.49. The molecule has 1 amide bonds. The van der Waals surface area contributed by atoms with Crippen LogP contribution in [0.3, 0.4) is 0 Å². The van der Waals surface area contributed by atoms with Gasteiger partial charge in [0.25, 0.3) is 0 Å². The molecular formula is C13H24N2O2. The highest BCUT2D eigenvalue weighted by Gasteiger charge is 2.40. The van der Waals surface area contributed by atoms with Crippen molar-refractivity contribution in [3.63, 3.8) is 0 Å². The molecule has 1 heterocycles. The molecule has 1 saturated carbocycles. The van der Waals surface area contributed by atoms with Gasteiger partial charge in [-0.25, -0.2) is 0 Å². The van der Waals surface area contributed by atoms with Crippen LogP contribution < -0.4 is 10.6 Å². The first-order chi connectivity index (χ1) is 8.18. The Bertz CT molecular complexity index is 275. The molecule has 0 aromatic rings. The van der Waals surface area contributed by atoms with Gasteiger partial charge in [0.05, 0.1) is 17.6 Å². The highest BCUT2D eigenvalue weighted by atomic mass is 16.3. The Balaban J connectivity index is 1.95. The van der Waals surface area contributed by atoms with Crippen molar-refractivity contribution < 1.29 is 9.90 Å². The van der Waals surface area contributed by atoms with E-state index in [1.165, 1.54) is 0 Å². The highest BCUT2D eigenvalue weighted by molar-refractivity contribution is 5.83. The van der Waals surface area contributed by atoms with Crippen LogP contribution in [0.4, 0.5) is 0 Å². The minimum Gasteiger partial charge on any atom is -0.391 e. The van der Waals surface area contributed by atoms with Crippen molar-refractivity contribution in [3.05, 3.63) is 0 Å². The first-order valence-corrected chi connectivity index (χ1v) is 6.88. The molecule has 0 aromatic heterocycles. The molecule has 98 valence electrons. The average Bonchev–Trinajstić information content (AvgIpc) is 2.82. The molecule has 1 aliphatic heterocycles. The van der Waals surface area contributed by atoms with Crippen molar-refractivity contribution in [1.29, 1.82) is 0 Å². The van der Waals surface area contributed by atoms with E-state index < -0.39 is 0 Å². The molecule has 0 radical (unpaired) electrons. The first kappa shape index (κ1) is 12.8. The first-order valence-electron chi connectivity index (χ1n) is 6.88. The normalized spacial score (nSPS) is 38.0. The molecule has 0 bridgehead atoms. The van der Waals surface area contributed by atoms with E-state index >= 15 is 0 Å². The van der Waals surface area contributed by atoms with Crippen LogP contribution in [0.25, 0.3) is 0 Å². The maximum atomic E-state index is 12.3. The molecule has 0 spiro atoms. The van der Waals surface area contributed by atoms with Crippen molar-refractivity contribution in [2.45, 2.75) is 57.6 Å². The summed E-state index contributed by atoms with van der Waals surface area (Å²) in [7, 11) is 0. The molecule has 4 heteroatoms. The van der Waals surface area contributed by atoms with Crippen molar-refractivity contribution >= 4 is 5.91 Å². The number of aliphatic hydroxyl groups is 1. The van der Waals surface area contributed by atoms with Gasteiger partial charge in [-0.15, -0.1) is 0 Å². The molecule has 17 heavy (non-hydrogen) atoms. The Hall–Kier alpha value is -0.610. The van der Waals surface area contributed by atoms with Crippen molar-refractivity contribution in [1.82, 2.24) is 10.6 Å². The number of nitrogens with one attached hydrogen (secondary N) is 2. The molecule has 3 atom stereocenters. The molecule has 2 fully saturated rings. The third kappa shape index (κ3) is 2.63. The molecule has 2 rings (SSSR count). The quantitative estimate of drug-likeness (QED) is 0.683. The summed E-state index contributed by atoms with van der Waals surface area (Å²) >= 11 is 0. The van der Waals surface area contributed by atoms with Gasteiger partial charge in [-0.05, 0) is 32.2 Å². The molecular weight excluding hydrogens is 216 g/mol. The number of hydrogen-bond donors (Lipinski definition) is 3. The van der Waals surface area contributed by atoms with Crippen LogP contribution in [-0.4, -0.2) is 36.2 Å². The summed E-state index contributed by atoms with van der Waals surface area (Å²) in [5.41, 5.74) is -0.239. The van der Waals surface area contributed by atoms with Crippen LogP contribution in [-0.2, 0) is 4.79 Å². The lowest BCUT2D eigenvalue weighted by molar-refractivity contribution is -0.132. The SMILES string of the molecule is CCC1(C(=O)N[C@H]2CCCC[C@@H]2O)CCNC1. The number of hydrogen-bond acceptors (Lipinski definition) is 3. The van der Waals surface area contributed by atoms with Gasteiger partial charge in [0.15, 0.2) is 0 Å². The Labute approximate surface area is 103 Å². The number of amides is 1. The van der Waals surface area contributed by atoms with Crippen molar-refractivity contribution in [3.8, 4) is 0 Å². The van der Waals surface area contributed by atoms with Crippen LogP contribution in [0, 0.1) is 5.41 Å². The van der Waals surface area contributed by atoms with E-state index in [1.807, 2.05) is 0 Å². The zero-order valence-electron chi connectivity index (χ0n) is 10.7. The largest absolute Gasteiger partial charge is 0.391 e. The molecule has 3 N–H and O–H groups in total. The minimum absolute atomic E-state index is 0.0275. The highest BCUT2D eigenvalue weighted by Crippen LogP contribution is 2.30. The Morgan fingerprint density at radius 2 is 2.24 bits per heavy atom. The number of carbonyl (C=O) groups is 1. The summed E-state index contributed by atoms with van der Waals surface area (Å²) in [5.74, 6) is 0.135.